The second kappa shape index (κ2) is 7.91. The third-order valence-electron chi connectivity index (χ3n) is 5.78. The van der Waals surface area contributed by atoms with Crippen molar-refractivity contribution in [1.29, 1.82) is 0 Å². The summed E-state index contributed by atoms with van der Waals surface area (Å²) in [4.78, 5) is 15.7. The molecule has 1 N–H and O–H groups in total. The van der Waals surface area contributed by atoms with E-state index in [1.54, 1.807) is 0 Å². The van der Waals surface area contributed by atoms with Gasteiger partial charge in [0.2, 0.25) is 5.91 Å². The average molecular weight is 385 g/mol. The Balaban J connectivity index is 1.65. The Bertz CT molecular complexity index is 797. The highest BCUT2D eigenvalue weighted by Crippen LogP contribution is 2.43. The minimum absolute atomic E-state index is 0.0722. The molecule has 0 bridgehead atoms. The summed E-state index contributed by atoms with van der Waals surface area (Å²) in [6.45, 7) is 2.89. The van der Waals surface area contributed by atoms with E-state index in [1.807, 2.05) is 36.4 Å². The highest BCUT2D eigenvalue weighted by molar-refractivity contribution is 6.34. The summed E-state index contributed by atoms with van der Waals surface area (Å²) in [6.07, 6.45) is 3.93. The Morgan fingerprint density at radius 2 is 1.70 bits per heavy atom. The predicted octanol–water partition coefficient (Wildman–Crippen LogP) is 4.63. The summed E-state index contributed by atoms with van der Waals surface area (Å²) in [6, 6.07) is 15.9. The van der Waals surface area contributed by atoms with E-state index >= 15 is 0 Å². The van der Waals surface area contributed by atoms with E-state index in [0.717, 1.165) is 55.7 Å². The topological polar surface area (TPSA) is 41.6 Å². The number of hydrogen-bond acceptors (Lipinski definition) is 3. The summed E-state index contributed by atoms with van der Waals surface area (Å²) in [5.74, 6) is 0.0722. The molecule has 142 valence electrons. The molecular weight excluding hydrogens is 360 g/mol. The van der Waals surface area contributed by atoms with E-state index in [9.17, 15) is 4.79 Å². The van der Waals surface area contributed by atoms with Crippen molar-refractivity contribution in [3.05, 3.63) is 59.1 Å². The van der Waals surface area contributed by atoms with E-state index in [2.05, 4.69) is 22.3 Å². The summed E-state index contributed by atoms with van der Waals surface area (Å²) in [5.41, 5.74) is 2.34. The van der Waals surface area contributed by atoms with Crippen molar-refractivity contribution in [2.75, 3.05) is 36.5 Å². The number of benzene rings is 2. The fourth-order valence-electron chi connectivity index (χ4n) is 4.35. The lowest BCUT2D eigenvalue weighted by Gasteiger charge is -2.33. The molecule has 1 saturated heterocycles. The molecule has 0 aromatic heterocycles. The van der Waals surface area contributed by atoms with E-state index in [1.165, 1.54) is 0 Å². The number of carbonyl (C=O) groups is 1. The maximum atomic E-state index is 13.5. The molecule has 4 nitrogen and oxygen atoms in total. The van der Waals surface area contributed by atoms with Crippen LogP contribution in [0, 0.1) is 0 Å². The normalized spacial score (nSPS) is 19.1. The predicted molar refractivity (Wildman–Crippen MR) is 110 cm³/mol. The van der Waals surface area contributed by atoms with Crippen molar-refractivity contribution in [2.45, 2.75) is 31.1 Å². The molecule has 27 heavy (non-hydrogen) atoms. The van der Waals surface area contributed by atoms with E-state index in [0.29, 0.717) is 18.2 Å². The van der Waals surface area contributed by atoms with Crippen LogP contribution >= 0.6 is 11.6 Å². The van der Waals surface area contributed by atoms with Gasteiger partial charge >= 0.3 is 0 Å². The van der Waals surface area contributed by atoms with Gasteiger partial charge in [-0.25, -0.2) is 0 Å². The van der Waals surface area contributed by atoms with Crippen molar-refractivity contribution in [3.63, 3.8) is 0 Å². The average Bonchev–Trinajstić information content (AvgIpc) is 3.21. The monoisotopic (exact) mass is 384 g/mol. The molecule has 2 aromatic rings. The van der Waals surface area contributed by atoms with Crippen molar-refractivity contribution < 1.29 is 9.53 Å². The fraction of sp³-hybridized carbons (Fsp3) is 0.409. The second-order valence-corrected chi connectivity index (χ2v) is 7.75. The van der Waals surface area contributed by atoms with Gasteiger partial charge in [0, 0.05) is 13.1 Å². The number of halogens is 1. The van der Waals surface area contributed by atoms with E-state index in [-0.39, 0.29) is 5.91 Å². The number of ether oxygens (including phenoxy) is 1. The molecule has 0 spiro atoms. The third kappa shape index (κ3) is 3.56. The Kier molecular flexibility index (Phi) is 5.37. The van der Waals surface area contributed by atoms with Gasteiger partial charge in [-0.15, -0.1) is 0 Å². The van der Waals surface area contributed by atoms with Gasteiger partial charge in [-0.1, -0.05) is 60.8 Å². The van der Waals surface area contributed by atoms with Crippen molar-refractivity contribution in [3.8, 4) is 0 Å². The first-order valence-electron chi connectivity index (χ1n) is 9.69. The van der Waals surface area contributed by atoms with Crippen molar-refractivity contribution in [2.24, 2.45) is 0 Å². The van der Waals surface area contributed by atoms with Gasteiger partial charge in [0.15, 0.2) is 0 Å². The highest BCUT2D eigenvalue weighted by atomic mass is 35.5. The third-order valence-corrected chi connectivity index (χ3v) is 6.09. The number of rotatable bonds is 4. The minimum Gasteiger partial charge on any atom is -0.378 e. The molecule has 5 heteroatoms. The zero-order chi connectivity index (χ0) is 18.7. The lowest BCUT2D eigenvalue weighted by atomic mass is 9.78. The standard InChI is InChI=1S/C22H25ClN2O2/c23-18-9-6-10-19(20(18)25-13-15-27-16-14-25)24-21(26)22(11-4-5-12-22)17-7-2-1-3-8-17/h1-3,6-10H,4-5,11-16H2,(H,24,26). The fourth-order valence-corrected chi connectivity index (χ4v) is 4.64. The van der Waals surface area contributed by atoms with E-state index < -0.39 is 5.41 Å². The Morgan fingerprint density at radius 3 is 2.41 bits per heavy atom. The number of amides is 1. The van der Waals surface area contributed by atoms with Crippen LogP contribution in [0.1, 0.15) is 31.2 Å². The number of nitrogens with zero attached hydrogens (tertiary/aromatic N) is 1. The lowest BCUT2D eigenvalue weighted by molar-refractivity contribution is -0.121. The molecule has 0 unspecified atom stereocenters. The van der Waals surface area contributed by atoms with Crippen LogP contribution in [0.2, 0.25) is 5.02 Å². The molecule has 2 fully saturated rings. The van der Waals surface area contributed by atoms with Crippen LogP contribution in [0.4, 0.5) is 11.4 Å². The summed E-state index contributed by atoms with van der Waals surface area (Å²) >= 11 is 6.52. The summed E-state index contributed by atoms with van der Waals surface area (Å²) in [5, 5.41) is 3.89. The van der Waals surface area contributed by atoms with Crippen molar-refractivity contribution in [1.82, 2.24) is 0 Å². The maximum absolute atomic E-state index is 13.5. The van der Waals surface area contributed by atoms with Crippen LogP contribution in [-0.4, -0.2) is 32.2 Å². The van der Waals surface area contributed by atoms with Crippen LogP contribution in [0.3, 0.4) is 0 Å². The molecule has 1 aliphatic carbocycles. The van der Waals surface area contributed by atoms with Crippen LogP contribution in [0.5, 0.6) is 0 Å². The molecular formula is C22H25ClN2O2. The van der Waals surface area contributed by atoms with Crippen LogP contribution < -0.4 is 10.2 Å². The summed E-state index contributed by atoms with van der Waals surface area (Å²) < 4.78 is 5.47. The maximum Gasteiger partial charge on any atom is 0.235 e. The molecule has 2 aliphatic rings. The van der Waals surface area contributed by atoms with Gasteiger partial charge in [0.25, 0.3) is 0 Å². The SMILES string of the molecule is O=C(Nc1cccc(Cl)c1N1CCOCC1)C1(c2ccccc2)CCCC1. The molecule has 1 heterocycles. The van der Waals surface area contributed by atoms with Crippen LogP contribution in [0.25, 0.3) is 0 Å². The van der Waals surface area contributed by atoms with Gasteiger partial charge in [0.1, 0.15) is 0 Å². The van der Waals surface area contributed by atoms with Gasteiger partial charge < -0.3 is 15.0 Å². The number of morpholine rings is 1. The van der Waals surface area contributed by atoms with Gasteiger partial charge in [-0.05, 0) is 30.5 Å². The highest BCUT2D eigenvalue weighted by Gasteiger charge is 2.42. The smallest absolute Gasteiger partial charge is 0.235 e. The van der Waals surface area contributed by atoms with E-state index in [4.69, 9.17) is 16.3 Å². The Morgan fingerprint density at radius 1 is 1.00 bits per heavy atom. The molecule has 1 amide bonds. The number of para-hydroxylation sites is 1. The number of nitrogens with one attached hydrogen (secondary N) is 1. The minimum atomic E-state index is -0.453. The number of anilines is 2. The van der Waals surface area contributed by atoms with Gasteiger partial charge in [-0.3, -0.25) is 4.79 Å². The van der Waals surface area contributed by atoms with Crippen LogP contribution in [0.15, 0.2) is 48.5 Å². The Hall–Kier alpha value is -2.04. The zero-order valence-electron chi connectivity index (χ0n) is 15.4. The second-order valence-electron chi connectivity index (χ2n) is 7.34. The molecule has 1 aliphatic heterocycles. The molecule has 2 aromatic carbocycles. The van der Waals surface area contributed by atoms with Gasteiger partial charge in [-0.2, -0.15) is 0 Å². The molecule has 0 radical (unpaired) electrons. The zero-order valence-corrected chi connectivity index (χ0v) is 16.2. The van der Waals surface area contributed by atoms with Crippen LogP contribution in [-0.2, 0) is 14.9 Å². The quantitative estimate of drug-likeness (QED) is 0.835. The number of carbonyl (C=O) groups excluding carboxylic acids is 1. The lowest BCUT2D eigenvalue weighted by Crippen LogP contribution is -2.40. The molecule has 1 saturated carbocycles. The summed E-state index contributed by atoms with van der Waals surface area (Å²) in [7, 11) is 0. The van der Waals surface area contributed by atoms with Crippen molar-refractivity contribution >= 4 is 28.9 Å². The first-order valence-corrected chi connectivity index (χ1v) is 10.1. The number of hydrogen-bond donors (Lipinski definition) is 1. The first kappa shape index (κ1) is 18.3. The first-order chi connectivity index (χ1) is 13.2. The Labute approximate surface area is 165 Å². The molecule has 0 atom stereocenters. The largest absolute Gasteiger partial charge is 0.378 e. The van der Waals surface area contributed by atoms with Gasteiger partial charge in [0.05, 0.1) is 35.0 Å². The molecule has 4 rings (SSSR count).